The first-order chi connectivity index (χ1) is 11.6. The number of nitrogens with zero attached hydrogens (tertiary/aromatic N) is 2. The highest BCUT2D eigenvalue weighted by atomic mass is 32.2. The van der Waals surface area contributed by atoms with Crippen LogP contribution in [0.1, 0.15) is 25.3 Å². The molecule has 1 amide bonds. The fraction of sp³-hybridized carbons (Fsp3) is 0.438. The van der Waals surface area contributed by atoms with E-state index in [1.54, 1.807) is 28.7 Å². The van der Waals surface area contributed by atoms with Gasteiger partial charge in [-0.05, 0) is 19.1 Å². The number of fused-ring (bicyclic) bond motifs is 1. The molecule has 0 bridgehead atoms. The topological polar surface area (TPSA) is 77.1 Å². The lowest BCUT2D eigenvalue weighted by Gasteiger charge is -2.11. The zero-order valence-electron chi connectivity index (χ0n) is 13.6. The van der Waals surface area contributed by atoms with E-state index in [4.69, 9.17) is 4.42 Å². The van der Waals surface area contributed by atoms with E-state index in [0.29, 0.717) is 29.3 Å². The molecule has 0 aliphatic carbocycles. The van der Waals surface area contributed by atoms with E-state index in [-0.39, 0.29) is 17.2 Å². The Morgan fingerprint density at radius 1 is 1.58 bits per heavy atom. The molecule has 1 N–H and O–H groups in total. The molecule has 128 valence electrons. The van der Waals surface area contributed by atoms with Crippen LogP contribution < -0.4 is 10.9 Å². The quantitative estimate of drug-likeness (QED) is 0.625. The van der Waals surface area contributed by atoms with Crippen molar-refractivity contribution >= 4 is 29.4 Å². The first-order valence-electron chi connectivity index (χ1n) is 7.80. The number of carbonyl (C=O) groups excluding carboxylic acids is 1. The Kier molecular flexibility index (Phi) is 5.35. The van der Waals surface area contributed by atoms with Crippen LogP contribution in [-0.4, -0.2) is 26.5 Å². The van der Waals surface area contributed by atoms with Crippen LogP contribution in [0.4, 0.5) is 0 Å². The summed E-state index contributed by atoms with van der Waals surface area (Å²) in [5, 5.41) is 3.79. The molecule has 0 fully saturated rings. The van der Waals surface area contributed by atoms with Crippen molar-refractivity contribution in [1.82, 2.24) is 14.9 Å². The predicted octanol–water partition coefficient (Wildman–Crippen LogP) is 2.30. The standard InChI is InChI=1S/C16H19N3O3S2/c1-3-19-15(21)14-12(7-10(2)24-14)18-16(19)23-9-13(20)17-8-11-5-4-6-22-11/h4-6,10H,3,7-9H2,1-2H3,(H,17,20). The minimum Gasteiger partial charge on any atom is -0.467 e. The van der Waals surface area contributed by atoms with Crippen LogP contribution in [0.3, 0.4) is 0 Å². The molecule has 0 aromatic carbocycles. The van der Waals surface area contributed by atoms with Gasteiger partial charge < -0.3 is 9.73 Å². The third kappa shape index (κ3) is 3.70. The second-order valence-electron chi connectivity index (χ2n) is 5.50. The summed E-state index contributed by atoms with van der Waals surface area (Å²) in [5.41, 5.74) is 0.871. The zero-order chi connectivity index (χ0) is 17.1. The second kappa shape index (κ2) is 7.48. The number of amides is 1. The first kappa shape index (κ1) is 17.2. The Morgan fingerprint density at radius 3 is 3.12 bits per heavy atom. The van der Waals surface area contributed by atoms with Gasteiger partial charge in [0.1, 0.15) is 5.76 Å². The van der Waals surface area contributed by atoms with Crippen LogP contribution in [0.25, 0.3) is 0 Å². The van der Waals surface area contributed by atoms with Crippen molar-refractivity contribution in [3.05, 3.63) is 40.2 Å². The lowest BCUT2D eigenvalue weighted by molar-refractivity contribution is -0.118. The second-order valence-corrected chi connectivity index (χ2v) is 7.89. The Hall–Kier alpha value is -1.67. The Morgan fingerprint density at radius 2 is 2.42 bits per heavy atom. The zero-order valence-corrected chi connectivity index (χ0v) is 15.2. The lowest BCUT2D eigenvalue weighted by Crippen LogP contribution is -2.27. The minimum atomic E-state index is -0.114. The average molecular weight is 365 g/mol. The van der Waals surface area contributed by atoms with Crippen molar-refractivity contribution in [2.75, 3.05) is 5.75 Å². The smallest absolute Gasteiger partial charge is 0.268 e. The number of aromatic nitrogens is 2. The fourth-order valence-electron chi connectivity index (χ4n) is 2.50. The molecule has 6 nitrogen and oxygen atoms in total. The molecular weight excluding hydrogens is 346 g/mol. The summed E-state index contributed by atoms with van der Waals surface area (Å²) in [6, 6.07) is 3.59. The van der Waals surface area contributed by atoms with Gasteiger partial charge in [-0.15, -0.1) is 11.8 Å². The van der Waals surface area contributed by atoms with Crippen LogP contribution in [-0.2, 0) is 24.3 Å². The fourth-order valence-corrected chi connectivity index (χ4v) is 4.52. The number of nitrogens with one attached hydrogen (secondary N) is 1. The molecule has 0 saturated carbocycles. The third-order valence-corrected chi connectivity index (χ3v) is 5.84. The third-order valence-electron chi connectivity index (χ3n) is 3.65. The Bertz CT molecular complexity index is 787. The summed E-state index contributed by atoms with van der Waals surface area (Å²) in [7, 11) is 0. The molecule has 1 unspecified atom stereocenters. The van der Waals surface area contributed by atoms with E-state index in [1.165, 1.54) is 11.8 Å². The van der Waals surface area contributed by atoms with Gasteiger partial charge in [0.25, 0.3) is 5.56 Å². The van der Waals surface area contributed by atoms with Gasteiger partial charge in [-0.1, -0.05) is 18.7 Å². The normalized spacial score (nSPS) is 16.2. The largest absolute Gasteiger partial charge is 0.467 e. The van der Waals surface area contributed by atoms with Gasteiger partial charge in [-0.25, -0.2) is 4.98 Å². The van der Waals surface area contributed by atoms with Crippen LogP contribution in [0, 0.1) is 0 Å². The Labute approximate surface area is 148 Å². The van der Waals surface area contributed by atoms with Crippen LogP contribution in [0.5, 0.6) is 0 Å². The van der Waals surface area contributed by atoms with Gasteiger partial charge in [0, 0.05) is 18.2 Å². The highest BCUT2D eigenvalue weighted by Gasteiger charge is 2.26. The number of hydrogen-bond donors (Lipinski definition) is 1. The monoisotopic (exact) mass is 365 g/mol. The van der Waals surface area contributed by atoms with E-state index in [9.17, 15) is 9.59 Å². The van der Waals surface area contributed by atoms with E-state index in [2.05, 4.69) is 17.2 Å². The van der Waals surface area contributed by atoms with Crippen LogP contribution in [0.15, 0.2) is 37.7 Å². The van der Waals surface area contributed by atoms with Crippen molar-refractivity contribution in [2.24, 2.45) is 0 Å². The SMILES string of the molecule is CCn1c(SCC(=O)NCc2ccco2)nc2c(c1=O)SC(C)C2. The average Bonchev–Trinajstić information content (AvgIpc) is 3.20. The van der Waals surface area contributed by atoms with Crippen molar-refractivity contribution in [3.8, 4) is 0 Å². The summed E-state index contributed by atoms with van der Waals surface area (Å²) >= 11 is 2.89. The molecule has 0 spiro atoms. The maximum absolute atomic E-state index is 12.6. The van der Waals surface area contributed by atoms with Crippen molar-refractivity contribution in [1.29, 1.82) is 0 Å². The van der Waals surface area contributed by atoms with Gasteiger partial charge in [0.05, 0.1) is 29.2 Å². The number of hydrogen-bond acceptors (Lipinski definition) is 6. The van der Waals surface area contributed by atoms with E-state index in [1.807, 2.05) is 13.0 Å². The first-order valence-corrected chi connectivity index (χ1v) is 9.67. The lowest BCUT2D eigenvalue weighted by atomic mass is 10.2. The van der Waals surface area contributed by atoms with Crippen molar-refractivity contribution in [3.63, 3.8) is 0 Å². The van der Waals surface area contributed by atoms with Crippen LogP contribution >= 0.6 is 23.5 Å². The minimum absolute atomic E-state index is 0.00958. The molecule has 24 heavy (non-hydrogen) atoms. The van der Waals surface area contributed by atoms with E-state index in [0.717, 1.165) is 17.0 Å². The molecule has 3 heterocycles. The molecule has 2 aromatic rings. The molecule has 1 aliphatic heterocycles. The highest BCUT2D eigenvalue weighted by molar-refractivity contribution is 8.00. The number of rotatable bonds is 6. The van der Waals surface area contributed by atoms with Gasteiger partial charge in [-0.2, -0.15) is 0 Å². The summed E-state index contributed by atoms with van der Waals surface area (Å²) in [4.78, 5) is 29.9. The maximum Gasteiger partial charge on any atom is 0.268 e. The molecule has 3 rings (SSSR count). The number of thioether (sulfide) groups is 2. The summed E-state index contributed by atoms with van der Waals surface area (Å²) < 4.78 is 6.82. The van der Waals surface area contributed by atoms with Gasteiger partial charge in [0.15, 0.2) is 5.16 Å². The highest BCUT2D eigenvalue weighted by Crippen LogP contribution is 2.34. The van der Waals surface area contributed by atoms with Gasteiger partial charge in [0.2, 0.25) is 5.91 Å². The van der Waals surface area contributed by atoms with Crippen molar-refractivity contribution < 1.29 is 9.21 Å². The van der Waals surface area contributed by atoms with E-state index < -0.39 is 0 Å². The van der Waals surface area contributed by atoms with Crippen molar-refractivity contribution in [2.45, 2.75) is 48.7 Å². The van der Waals surface area contributed by atoms with Gasteiger partial charge in [-0.3, -0.25) is 14.2 Å². The van der Waals surface area contributed by atoms with Gasteiger partial charge >= 0.3 is 0 Å². The molecule has 8 heteroatoms. The summed E-state index contributed by atoms with van der Waals surface area (Å²) in [6.07, 6.45) is 2.38. The number of carbonyl (C=O) groups is 1. The van der Waals surface area contributed by atoms with Crippen LogP contribution in [0.2, 0.25) is 0 Å². The van der Waals surface area contributed by atoms with E-state index >= 15 is 0 Å². The molecule has 2 aromatic heterocycles. The molecule has 0 radical (unpaired) electrons. The molecule has 1 atom stereocenters. The number of furan rings is 1. The molecule has 0 saturated heterocycles. The summed E-state index contributed by atoms with van der Waals surface area (Å²) in [5.74, 6) is 0.811. The molecular formula is C16H19N3O3S2. The summed E-state index contributed by atoms with van der Waals surface area (Å²) in [6.45, 7) is 4.92. The Balaban J connectivity index is 1.66. The predicted molar refractivity (Wildman–Crippen MR) is 94.5 cm³/mol. The molecule has 1 aliphatic rings. The maximum atomic E-state index is 12.6.